The Hall–Kier alpha value is -0.120. The van der Waals surface area contributed by atoms with Crippen LogP contribution in [0.2, 0.25) is 0 Å². The molecule has 1 saturated heterocycles. The summed E-state index contributed by atoms with van der Waals surface area (Å²) in [6.45, 7) is 19.8. The first kappa shape index (κ1) is 16.9. The van der Waals surface area contributed by atoms with Gasteiger partial charge in [0.2, 0.25) is 0 Å². The predicted octanol–water partition coefficient (Wildman–Crippen LogP) is 2.90. The van der Waals surface area contributed by atoms with Crippen LogP contribution >= 0.6 is 0 Å². The second-order valence-electron chi connectivity index (χ2n) is 7.85. The van der Waals surface area contributed by atoms with E-state index in [1.807, 2.05) is 0 Å². The van der Waals surface area contributed by atoms with Crippen molar-refractivity contribution < 1.29 is 4.74 Å². The number of ether oxygens (including phenoxy) is 1. The van der Waals surface area contributed by atoms with Crippen LogP contribution in [0.25, 0.3) is 0 Å². The second-order valence-corrected chi connectivity index (χ2v) is 7.85. The van der Waals surface area contributed by atoms with Crippen LogP contribution in [0.3, 0.4) is 0 Å². The van der Waals surface area contributed by atoms with Crippen molar-refractivity contribution in [2.24, 2.45) is 5.41 Å². The van der Waals surface area contributed by atoms with Crippen molar-refractivity contribution in [3.8, 4) is 0 Å². The van der Waals surface area contributed by atoms with E-state index in [2.05, 4.69) is 58.7 Å². The van der Waals surface area contributed by atoms with Crippen LogP contribution in [-0.2, 0) is 4.74 Å². The van der Waals surface area contributed by atoms with E-state index in [0.29, 0.717) is 17.5 Å². The molecular weight excluding hydrogens is 236 g/mol. The first-order valence-corrected chi connectivity index (χ1v) is 7.75. The summed E-state index contributed by atoms with van der Waals surface area (Å²) in [5.41, 5.74) is 0.281. The van der Waals surface area contributed by atoms with E-state index in [9.17, 15) is 0 Å². The average Bonchev–Trinajstić information content (AvgIpc) is 2.25. The van der Waals surface area contributed by atoms with Crippen LogP contribution in [0.1, 0.15) is 54.9 Å². The third kappa shape index (κ3) is 5.80. The van der Waals surface area contributed by atoms with Crippen molar-refractivity contribution in [3.05, 3.63) is 0 Å². The molecule has 1 N–H and O–H groups in total. The molecule has 1 heterocycles. The van der Waals surface area contributed by atoms with E-state index < -0.39 is 0 Å². The van der Waals surface area contributed by atoms with Crippen LogP contribution in [-0.4, -0.2) is 48.8 Å². The van der Waals surface area contributed by atoms with E-state index in [1.165, 1.54) is 6.42 Å². The summed E-state index contributed by atoms with van der Waals surface area (Å²) in [6.07, 6.45) is 1.20. The summed E-state index contributed by atoms with van der Waals surface area (Å²) < 4.78 is 5.90. The van der Waals surface area contributed by atoms with Crippen LogP contribution < -0.4 is 5.32 Å². The van der Waals surface area contributed by atoms with Gasteiger partial charge in [-0.25, -0.2) is 0 Å². The van der Waals surface area contributed by atoms with Crippen molar-refractivity contribution in [1.29, 1.82) is 0 Å². The molecule has 1 aliphatic heterocycles. The highest BCUT2D eigenvalue weighted by Gasteiger charge is 2.34. The van der Waals surface area contributed by atoms with E-state index >= 15 is 0 Å². The van der Waals surface area contributed by atoms with Crippen molar-refractivity contribution in [2.45, 2.75) is 72.6 Å². The molecule has 1 rings (SSSR count). The molecule has 0 aromatic carbocycles. The zero-order valence-corrected chi connectivity index (χ0v) is 14.0. The molecule has 2 atom stereocenters. The molecule has 114 valence electrons. The van der Waals surface area contributed by atoms with E-state index in [1.54, 1.807) is 0 Å². The summed E-state index contributed by atoms with van der Waals surface area (Å²) in [6, 6.07) is 1.23. The fraction of sp³-hybridized carbons (Fsp3) is 1.00. The lowest BCUT2D eigenvalue weighted by molar-refractivity contribution is -0.0326. The molecule has 0 amide bonds. The van der Waals surface area contributed by atoms with Crippen LogP contribution in [0.5, 0.6) is 0 Å². The number of hydrogen-bond donors (Lipinski definition) is 1. The largest absolute Gasteiger partial charge is 0.375 e. The molecule has 1 aliphatic rings. The molecule has 0 spiro atoms. The first-order chi connectivity index (χ1) is 8.63. The molecular formula is C16H34N2O. The minimum absolute atomic E-state index is 0.0323. The maximum Gasteiger partial charge on any atom is 0.0600 e. The molecule has 1 fully saturated rings. The van der Waals surface area contributed by atoms with Gasteiger partial charge >= 0.3 is 0 Å². The van der Waals surface area contributed by atoms with Gasteiger partial charge in [0.1, 0.15) is 0 Å². The Morgan fingerprint density at radius 1 is 1.16 bits per heavy atom. The summed E-state index contributed by atoms with van der Waals surface area (Å²) >= 11 is 0. The summed E-state index contributed by atoms with van der Waals surface area (Å²) in [4.78, 5) is 2.62. The molecule has 0 saturated carbocycles. The molecule has 3 heteroatoms. The van der Waals surface area contributed by atoms with Crippen LogP contribution in [0.4, 0.5) is 0 Å². The van der Waals surface area contributed by atoms with Gasteiger partial charge < -0.3 is 10.1 Å². The van der Waals surface area contributed by atoms with Gasteiger partial charge in [0.25, 0.3) is 0 Å². The number of piperazine rings is 1. The molecule has 0 radical (unpaired) electrons. The van der Waals surface area contributed by atoms with E-state index in [-0.39, 0.29) is 5.60 Å². The minimum Gasteiger partial charge on any atom is -0.375 e. The Labute approximate surface area is 120 Å². The Kier molecular flexibility index (Phi) is 5.84. The zero-order valence-electron chi connectivity index (χ0n) is 14.0. The summed E-state index contributed by atoms with van der Waals surface area (Å²) in [7, 11) is 0. The molecule has 0 aromatic heterocycles. The number of rotatable bonds is 4. The average molecular weight is 270 g/mol. The van der Waals surface area contributed by atoms with Crippen molar-refractivity contribution in [1.82, 2.24) is 10.2 Å². The number of hydrogen-bond acceptors (Lipinski definition) is 3. The maximum absolute atomic E-state index is 5.90. The van der Waals surface area contributed by atoms with Gasteiger partial charge in [0.05, 0.1) is 12.2 Å². The van der Waals surface area contributed by atoms with Gasteiger partial charge in [-0.05, 0) is 32.6 Å². The standard InChI is InChI=1S/C16H34N2O/c1-8-13-12-18(9-10-19-16(5,6)7)14(11-17-13)15(2,3)4/h13-14,17H,8-12H2,1-7H3. The Morgan fingerprint density at radius 2 is 1.79 bits per heavy atom. The van der Waals surface area contributed by atoms with Gasteiger partial charge in [-0.2, -0.15) is 0 Å². The summed E-state index contributed by atoms with van der Waals surface area (Å²) in [5, 5.41) is 3.68. The fourth-order valence-corrected chi connectivity index (χ4v) is 2.73. The normalized spacial score (nSPS) is 26.7. The Bertz CT molecular complexity index is 265. The lowest BCUT2D eigenvalue weighted by atomic mass is 9.83. The fourth-order valence-electron chi connectivity index (χ4n) is 2.73. The Morgan fingerprint density at radius 3 is 2.26 bits per heavy atom. The quantitative estimate of drug-likeness (QED) is 0.850. The van der Waals surface area contributed by atoms with Crippen LogP contribution in [0, 0.1) is 5.41 Å². The second kappa shape index (κ2) is 6.55. The molecule has 0 bridgehead atoms. The zero-order chi connectivity index (χ0) is 14.7. The van der Waals surface area contributed by atoms with E-state index in [4.69, 9.17) is 4.74 Å². The van der Waals surface area contributed by atoms with Crippen LogP contribution in [0.15, 0.2) is 0 Å². The third-order valence-corrected chi connectivity index (χ3v) is 3.90. The maximum atomic E-state index is 5.90. The SMILES string of the molecule is CCC1CN(CCOC(C)(C)C)C(C(C)(C)C)CN1. The highest BCUT2D eigenvalue weighted by molar-refractivity contribution is 4.92. The molecule has 19 heavy (non-hydrogen) atoms. The predicted molar refractivity (Wildman–Crippen MR) is 82.6 cm³/mol. The lowest BCUT2D eigenvalue weighted by Gasteiger charge is -2.46. The number of nitrogens with zero attached hydrogens (tertiary/aromatic N) is 1. The Balaban J connectivity index is 2.56. The smallest absolute Gasteiger partial charge is 0.0600 e. The molecule has 3 nitrogen and oxygen atoms in total. The van der Waals surface area contributed by atoms with Gasteiger partial charge in [-0.1, -0.05) is 27.7 Å². The lowest BCUT2D eigenvalue weighted by Crippen LogP contribution is -2.61. The molecule has 0 aromatic rings. The molecule has 0 aliphatic carbocycles. The topological polar surface area (TPSA) is 24.5 Å². The van der Waals surface area contributed by atoms with Crippen molar-refractivity contribution in [2.75, 3.05) is 26.2 Å². The van der Waals surface area contributed by atoms with Crippen molar-refractivity contribution >= 4 is 0 Å². The highest BCUT2D eigenvalue weighted by Crippen LogP contribution is 2.26. The molecule has 2 unspecified atom stereocenters. The highest BCUT2D eigenvalue weighted by atomic mass is 16.5. The van der Waals surface area contributed by atoms with Gasteiger partial charge in [0, 0.05) is 31.7 Å². The van der Waals surface area contributed by atoms with Gasteiger partial charge in [0.15, 0.2) is 0 Å². The van der Waals surface area contributed by atoms with Gasteiger partial charge in [-0.15, -0.1) is 0 Å². The first-order valence-electron chi connectivity index (χ1n) is 7.75. The summed E-state index contributed by atoms with van der Waals surface area (Å²) in [5.74, 6) is 0. The number of nitrogens with one attached hydrogen (secondary N) is 1. The van der Waals surface area contributed by atoms with Gasteiger partial charge in [-0.3, -0.25) is 4.90 Å². The minimum atomic E-state index is -0.0323. The van der Waals surface area contributed by atoms with Crippen molar-refractivity contribution in [3.63, 3.8) is 0 Å². The third-order valence-electron chi connectivity index (χ3n) is 3.90. The van der Waals surface area contributed by atoms with E-state index in [0.717, 1.165) is 26.2 Å². The monoisotopic (exact) mass is 270 g/mol.